The van der Waals surface area contributed by atoms with Gasteiger partial charge in [0.2, 0.25) is 5.91 Å². The maximum absolute atomic E-state index is 11.8. The second-order valence-corrected chi connectivity index (χ2v) is 7.58. The van der Waals surface area contributed by atoms with Crippen LogP contribution in [0, 0.1) is 0 Å². The molecular formula is C19H29ClN4O. The van der Waals surface area contributed by atoms with Gasteiger partial charge in [-0.3, -0.25) is 9.79 Å². The van der Waals surface area contributed by atoms with Gasteiger partial charge >= 0.3 is 0 Å². The smallest absolute Gasteiger partial charge is 0.222 e. The van der Waals surface area contributed by atoms with Crippen molar-refractivity contribution in [3.8, 4) is 0 Å². The Morgan fingerprint density at radius 3 is 2.84 bits per heavy atom. The number of benzene rings is 1. The number of amides is 1. The molecule has 1 aliphatic heterocycles. The highest BCUT2D eigenvalue weighted by atomic mass is 35.5. The number of rotatable bonds is 5. The summed E-state index contributed by atoms with van der Waals surface area (Å²) >= 11 is 6.12. The molecule has 138 valence electrons. The van der Waals surface area contributed by atoms with Gasteiger partial charge in [0.15, 0.2) is 5.96 Å². The van der Waals surface area contributed by atoms with E-state index < -0.39 is 0 Å². The standard InChI is InChI=1S/C19H29ClN4O/c1-5-17(25)24-10-9-16(12-24)23-18(21-4)22-13-19(2,3)14-7-6-8-15(20)11-14/h6-8,11,16H,5,9-10,12-13H2,1-4H3,(H2,21,22,23). The molecule has 1 atom stereocenters. The van der Waals surface area contributed by atoms with Crippen molar-refractivity contribution in [2.75, 3.05) is 26.7 Å². The van der Waals surface area contributed by atoms with Crippen LogP contribution in [0.25, 0.3) is 0 Å². The predicted octanol–water partition coefficient (Wildman–Crippen LogP) is 2.79. The second-order valence-electron chi connectivity index (χ2n) is 7.14. The van der Waals surface area contributed by atoms with E-state index >= 15 is 0 Å². The molecule has 0 saturated carbocycles. The van der Waals surface area contributed by atoms with Crippen LogP contribution in [0.4, 0.5) is 0 Å². The van der Waals surface area contributed by atoms with Gasteiger partial charge < -0.3 is 15.5 Å². The van der Waals surface area contributed by atoms with Crippen LogP contribution >= 0.6 is 11.6 Å². The molecule has 1 aromatic carbocycles. The first-order chi connectivity index (χ1) is 11.9. The molecule has 1 amide bonds. The van der Waals surface area contributed by atoms with Crippen LogP contribution in [-0.4, -0.2) is 49.5 Å². The van der Waals surface area contributed by atoms with E-state index in [-0.39, 0.29) is 17.4 Å². The summed E-state index contributed by atoms with van der Waals surface area (Å²) < 4.78 is 0. The van der Waals surface area contributed by atoms with Crippen LogP contribution in [0.2, 0.25) is 5.02 Å². The van der Waals surface area contributed by atoms with Crippen molar-refractivity contribution in [2.45, 2.75) is 45.1 Å². The monoisotopic (exact) mass is 364 g/mol. The molecular weight excluding hydrogens is 336 g/mol. The number of halogens is 1. The summed E-state index contributed by atoms with van der Waals surface area (Å²) in [5, 5.41) is 7.58. The van der Waals surface area contributed by atoms with E-state index in [1.54, 1.807) is 7.05 Å². The molecule has 0 spiro atoms. The molecule has 0 radical (unpaired) electrons. The summed E-state index contributed by atoms with van der Waals surface area (Å²) in [6.07, 6.45) is 1.51. The van der Waals surface area contributed by atoms with Crippen LogP contribution in [0.15, 0.2) is 29.3 Å². The van der Waals surface area contributed by atoms with E-state index in [1.165, 1.54) is 5.56 Å². The number of carbonyl (C=O) groups is 1. The van der Waals surface area contributed by atoms with Crippen LogP contribution in [0.3, 0.4) is 0 Å². The normalized spacial score (nSPS) is 18.4. The third-order valence-corrected chi connectivity index (χ3v) is 4.95. The molecule has 5 nitrogen and oxygen atoms in total. The van der Waals surface area contributed by atoms with Gasteiger partial charge in [0.25, 0.3) is 0 Å². The summed E-state index contributed by atoms with van der Waals surface area (Å²) in [5.41, 5.74) is 1.10. The predicted molar refractivity (Wildman–Crippen MR) is 104 cm³/mol. The Morgan fingerprint density at radius 2 is 2.20 bits per heavy atom. The first-order valence-corrected chi connectivity index (χ1v) is 9.24. The van der Waals surface area contributed by atoms with E-state index in [0.717, 1.165) is 37.0 Å². The quantitative estimate of drug-likeness (QED) is 0.624. The molecule has 1 aromatic rings. The SMILES string of the molecule is CCC(=O)N1CCC(NC(=NC)NCC(C)(C)c2cccc(Cl)c2)C1. The lowest BCUT2D eigenvalue weighted by Crippen LogP contribution is -2.48. The zero-order valence-corrected chi connectivity index (χ0v) is 16.4. The molecule has 2 rings (SSSR count). The fourth-order valence-electron chi connectivity index (χ4n) is 3.03. The van der Waals surface area contributed by atoms with Gasteiger partial charge in [-0.15, -0.1) is 0 Å². The van der Waals surface area contributed by atoms with Gasteiger partial charge in [-0.1, -0.05) is 44.5 Å². The number of hydrogen-bond donors (Lipinski definition) is 2. The Kier molecular flexibility index (Phi) is 6.71. The Bertz CT molecular complexity index is 630. The Hall–Kier alpha value is -1.75. The van der Waals surface area contributed by atoms with Gasteiger partial charge in [-0.05, 0) is 24.1 Å². The lowest BCUT2D eigenvalue weighted by molar-refractivity contribution is -0.129. The minimum absolute atomic E-state index is 0.0809. The Balaban J connectivity index is 1.89. The van der Waals surface area contributed by atoms with Gasteiger partial charge in [0.1, 0.15) is 0 Å². The maximum Gasteiger partial charge on any atom is 0.222 e. The number of likely N-dealkylation sites (tertiary alicyclic amines) is 1. The summed E-state index contributed by atoms with van der Waals surface area (Å²) in [5.74, 6) is 0.986. The van der Waals surface area contributed by atoms with Crippen LogP contribution < -0.4 is 10.6 Å². The Morgan fingerprint density at radius 1 is 1.44 bits per heavy atom. The van der Waals surface area contributed by atoms with Crippen molar-refractivity contribution in [1.82, 2.24) is 15.5 Å². The molecule has 1 saturated heterocycles. The highest BCUT2D eigenvalue weighted by Gasteiger charge is 2.26. The van der Waals surface area contributed by atoms with Gasteiger partial charge in [-0.25, -0.2) is 0 Å². The van der Waals surface area contributed by atoms with Crippen molar-refractivity contribution in [2.24, 2.45) is 4.99 Å². The summed E-state index contributed by atoms with van der Waals surface area (Å²) in [7, 11) is 1.77. The highest BCUT2D eigenvalue weighted by molar-refractivity contribution is 6.30. The molecule has 2 N–H and O–H groups in total. The number of hydrogen-bond acceptors (Lipinski definition) is 2. The molecule has 0 aliphatic carbocycles. The lowest BCUT2D eigenvalue weighted by Gasteiger charge is -2.27. The second kappa shape index (κ2) is 8.56. The van der Waals surface area contributed by atoms with Gasteiger partial charge in [0, 0.05) is 49.6 Å². The third-order valence-electron chi connectivity index (χ3n) is 4.71. The van der Waals surface area contributed by atoms with E-state index in [0.29, 0.717) is 6.42 Å². The van der Waals surface area contributed by atoms with Crippen LogP contribution in [0.5, 0.6) is 0 Å². The molecule has 1 heterocycles. The fourth-order valence-corrected chi connectivity index (χ4v) is 3.22. The van der Waals surface area contributed by atoms with Crippen LogP contribution in [0.1, 0.15) is 39.2 Å². The van der Waals surface area contributed by atoms with E-state index in [1.807, 2.05) is 30.0 Å². The molecule has 6 heteroatoms. The first-order valence-electron chi connectivity index (χ1n) is 8.86. The van der Waals surface area contributed by atoms with Crippen LogP contribution in [-0.2, 0) is 10.2 Å². The zero-order chi connectivity index (χ0) is 18.4. The van der Waals surface area contributed by atoms with E-state index in [4.69, 9.17) is 11.6 Å². The number of carbonyl (C=O) groups excluding carboxylic acids is 1. The van der Waals surface area contributed by atoms with E-state index in [2.05, 4.69) is 35.5 Å². The zero-order valence-electron chi connectivity index (χ0n) is 15.6. The number of guanidine groups is 1. The minimum Gasteiger partial charge on any atom is -0.356 e. The number of nitrogens with one attached hydrogen (secondary N) is 2. The van der Waals surface area contributed by atoms with Crippen molar-refractivity contribution in [3.63, 3.8) is 0 Å². The molecule has 25 heavy (non-hydrogen) atoms. The minimum atomic E-state index is -0.0809. The largest absolute Gasteiger partial charge is 0.356 e. The molecule has 1 fully saturated rings. The van der Waals surface area contributed by atoms with Crippen molar-refractivity contribution >= 4 is 23.5 Å². The number of aliphatic imine (C=N–C) groups is 1. The van der Waals surface area contributed by atoms with Gasteiger partial charge in [-0.2, -0.15) is 0 Å². The Labute approximate surface area is 155 Å². The maximum atomic E-state index is 11.8. The summed E-state index contributed by atoms with van der Waals surface area (Å²) in [6, 6.07) is 8.21. The molecule has 0 aromatic heterocycles. The van der Waals surface area contributed by atoms with Crippen molar-refractivity contribution in [3.05, 3.63) is 34.9 Å². The lowest BCUT2D eigenvalue weighted by atomic mass is 9.84. The van der Waals surface area contributed by atoms with Crippen molar-refractivity contribution in [1.29, 1.82) is 0 Å². The highest BCUT2D eigenvalue weighted by Crippen LogP contribution is 2.24. The van der Waals surface area contributed by atoms with E-state index in [9.17, 15) is 4.79 Å². The molecule has 1 unspecified atom stereocenters. The van der Waals surface area contributed by atoms with Crippen molar-refractivity contribution < 1.29 is 4.79 Å². The topological polar surface area (TPSA) is 56.7 Å². The summed E-state index contributed by atoms with van der Waals surface area (Å²) in [6.45, 7) is 8.55. The first kappa shape index (κ1) is 19.6. The fraction of sp³-hybridized carbons (Fsp3) is 0.579. The van der Waals surface area contributed by atoms with Gasteiger partial charge in [0.05, 0.1) is 0 Å². The molecule has 1 aliphatic rings. The average Bonchev–Trinajstić information content (AvgIpc) is 3.06. The third kappa shape index (κ3) is 5.36. The summed E-state index contributed by atoms with van der Waals surface area (Å²) in [4.78, 5) is 18.0. The average molecular weight is 365 g/mol. The molecule has 0 bridgehead atoms. The number of nitrogens with zero attached hydrogens (tertiary/aromatic N) is 2.